The maximum Gasteiger partial charge on any atom is 0.276 e. The number of rotatable bonds is 3. The number of aromatic nitrogens is 3. The Kier molecular flexibility index (Phi) is 3.67. The van der Waals surface area contributed by atoms with E-state index in [1.807, 2.05) is 30.4 Å². The first-order valence-corrected chi connectivity index (χ1v) is 8.48. The van der Waals surface area contributed by atoms with E-state index in [2.05, 4.69) is 10.3 Å². The van der Waals surface area contributed by atoms with E-state index in [1.165, 1.54) is 0 Å². The number of aryl methyl sites for hydroxylation is 1. The van der Waals surface area contributed by atoms with E-state index >= 15 is 0 Å². The third kappa shape index (κ3) is 2.90. The molecule has 0 spiro atoms. The van der Waals surface area contributed by atoms with Crippen molar-refractivity contribution in [1.82, 2.24) is 19.8 Å². The zero-order chi connectivity index (χ0) is 15.8. The molecule has 3 heterocycles. The van der Waals surface area contributed by atoms with Crippen LogP contribution in [0.3, 0.4) is 0 Å². The lowest BCUT2D eigenvalue weighted by Crippen LogP contribution is -2.34. The molecule has 0 unspecified atom stereocenters. The Labute approximate surface area is 135 Å². The van der Waals surface area contributed by atoms with Gasteiger partial charge in [0.1, 0.15) is 5.76 Å². The van der Waals surface area contributed by atoms with Crippen molar-refractivity contribution in [2.75, 3.05) is 6.54 Å². The Hall–Kier alpha value is -2.11. The highest BCUT2D eigenvalue weighted by atomic mass is 16.5. The summed E-state index contributed by atoms with van der Waals surface area (Å²) in [5, 5.41) is 8.30. The van der Waals surface area contributed by atoms with Crippen molar-refractivity contribution in [3.8, 4) is 0 Å². The summed E-state index contributed by atoms with van der Waals surface area (Å²) in [5.41, 5.74) is 1.55. The Balaban J connectivity index is 1.60. The van der Waals surface area contributed by atoms with Crippen LogP contribution in [-0.4, -0.2) is 32.3 Å². The van der Waals surface area contributed by atoms with Crippen molar-refractivity contribution >= 4 is 5.91 Å². The zero-order valence-electron chi connectivity index (χ0n) is 13.4. The van der Waals surface area contributed by atoms with Crippen molar-refractivity contribution < 1.29 is 9.32 Å². The molecule has 2 fully saturated rings. The normalized spacial score (nSPS) is 22.1. The van der Waals surface area contributed by atoms with E-state index in [4.69, 9.17) is 4.52 Å². The Bertz CT molecular complexity index is 701. The largest absolute Gasteiger partial charge is 0.360 e. The molecule has 1 aliphatic carbocycles. The summed E-state index contributed by atoms with van der Waals surface area (Å²) in [5.74, 6) is 1.32. The predicted octanol–water partition coefficient (Wildman–Crippen LogP) is 3.04. The number of carbonyl (C=O) groups excluding carboxylic acids is 1. The average Bonchev–Trinajstić information content (AvgIpc) is 3.21. The van der Waals surface area contributed by atoms with E-state index in [0.717, 1.165) is 56.4 Å². The predicted molar refractivity (Wildman–Crippen MR) is 83.9 cm³/mol. The van der Waals surface area contributed by atoms with Crippen LogP contribution in [0.15, 0.2) is 23.0 Å². The SMILES string of the molecule is Cn1cc([C@@H]2CCCCCN2C(=O)c2cc(C3CC3)on2)cn1. The lowest BCUT2D eigenvalue weighted by atomic mass is 10.0. The summed E-state index contributed by atoms with van der Waals surface area (Å²) < 4.78 is 7.16. The molecule has 2 aromatic heterocycles. The number of nitrogens with zero attached hydrogens (tertiary/aromatic N) is 4. The van der Waals surface area contributed by atoms with Gasteiger partial charge >= 0.3 is 0 Å². The third-order valence-corrected chi connectivity index (χ3v) is 4.85. The molecule has 1 saturated carbocycles. The topological polar surface area (TPSA) is 64.2 Å². The molecule has 2 aliphatic rings. The van der Waals surface area contributed by atoms with Gasteiger partial charge in [-0.2, -0.15) is 5.10 Å². The minimum Gasteiger partial charge on any atom is -0.360 e. The van der Waals surface area contributed by atoms with Crippen molar-refractivity contribution in [3.05, 3.63) is 35.5 Å². The zero-order valence-corrected chi connectivity index (χ0v) is 13.4. The monoisotopic (exact) mass is 314 g/mol. The molecule has 6 heteroatoms. The molecule has 122 valence electrons. The first kappa shape index (κ1) is 14.5. The third-order valence-electron chi connectivity index (χ3n) is 4.85. The van der Waals surface area contributed by atoms with Crippen molar-refractivity contribution in [2.45, 2.75) is 50.5 Å². The summed E-state index contributed by atoms with van der Waals surface area (Å²) >= 11 is 0. The maximum atomic E-state index is 13.0. The van der Waals surface area contributed by atoms with Crippen molar-refractivity contribution in [2.24, 2.45) is 7.05 Å². The second-order valence-electron chi connectivity index (χ2n) is 6.70. The highest BCUT2D eigenvalue weighted by molar-refractivity contribution is 5.92. The number of hydrogen-bond donors (Lipinski definition) is 0. The molecule has 1 amide bonds. The highest BCUT2D eigenvalue weighted by Gasteiger charge is 2.33. The Morgan fingerprint density at radius 2 is 2.13 bits per heavy atom. The molecule has 4 rings (SSSR count). The van der Waals surface area contributed by atoms with Gasteiger partial charge in [-0.3, -0.25) is 9.48 Å². The second kappa shape index (κ2) is 5.83. The summed E-state index contributed by atoms with van der Waals surface area (Å²) in [7, 11) is 1.91. The van der Waals surface area contributed by atoms with Gasteiger partial charge in [-0.05, 0) is 25.7 Å². The van der Waals surface area contributed by atoms with Gasteiger partial charge in [0.2, 0.25) is 0 Å². The molecule has 0 radical (unpaired) electrons. The number of hydrogen-bond acceptors (Lipinski definition) is 4. The van der Waals surface area contributed by atoms with Crippen molar-refractivity contribution in [3.63, 3.8) is 0 Å². The summed E-state index contributed by atoms with van der Waals surface area (Å²) in [6, 6.07) is 1.92. The van der Waals surface area contributed by atoms with E-state index in [-0.39, 0.29) is 11.9 Å². The molecule has 2 aromatic rings. The van der Waals surface area contributed by atoms with Crippen LogP contribution >= 0.6 is 0 Å². The summed E-state index contributed by atoms with van der Waals surface area (Å²) in [6.45, 7) is 0.768. The van der Waals surface area contributed by atoms with Crippen LogP contribution in [0.1, 0.15) is 72.3 Å². The summed E-state index contributed by atoms with van der Waals surface area (Å²) in [6.07, 6.45) is 10.5. The van der Waals surface area contributed by atoms with Crippen LogP contribution < -0.4 is 0 Å². The molecule has 6 nitrogen and oxygen atoms in total. The Morgan fingerprint density at radius 1 is 1.26 bits per heavy atom. The average molecular weight is 314 g/mol. The van der Waals surface area contributed by atoms with Gasteiger partial charge in [-0.25, -0.2) is 0 Å². The van der Waals surface area contributed by atoms with Gasteiger partial charge in [-0.15, -0.1) is 0 Å². The van der Waals surface area contributed by atoms with Gasteiger partial charge in [0, 0.05) is 37.3 Å². The minimum atomic E-state index is -0.0172. The molecular weight excluding hydrogens is 292 g/mol. The van der Waals surface area contributed by atoms with Gasteiger partial charge in [-0.1, -0.05) is 18.0 Å². The first-order chi connectivity index (χ1) is 11.2. The van der Waals surface area contributed by atoms with Gasteiger partial charge in [0.05, 0.1) is 12.2 Å². The van der Waals surface area contributed by atoms with Crippen molar-refractivity contribution in [1.29, 1.82) is 0 Å². The lowest BCUT2D eigenvalue weighted by molar-refractivity contribution is 0.0670. The fourth-order valence-electron chi connectivity index (χ4n) is 3.41. The molecule has 23 heavy (non-hydrogen) atoms. The molecule has 0 N–H and O–H groups in total. The van der Waals surface area contributed by atoms with E-state index in [1.54, 1.807) is 4.68 Å². The molecule has 1 aliphatic heterocycles. The Morgan fingerprint density at radius 3 is 2.87 bits per heavy atom. The smallest absolute Gasteiger partial charge is 0.276 e. The van der Waals surface area contributed by atoms with Crippen LogP contribution in [0.4, 0.5) is 0 Å². The fraction of sp³-hybridized carbons (Fsp3) is 0.588. The summed E-state index contributed by atoms with van der Waals surface area (Å²) in [4.78, 5) is 14.9. The quantitative estimate of drug-likeness (QED) is 0.873. The molecule has 0 aromatic carbocycles. The van der Waals surface area contributed by atoms with Crippen LogP contribution in [0.5, 0.6) is 0 Å². The number of likely N-dealkylation sites (tertiary alicyclic amines) is 1. The van der Waals surface area contributed by atoms with E-state index in [0.29, 0.717) is 11.6 Å². The van der Waals surface area contributed by atoms with Gasteiger partial charge in [0.15, 0.2) is 5.69 Å². The van der Waals surface area contributed by atoms with E-state index < -0.39 is 0 Å². The highest BCUT2D eigenvalue weighted by Crippen LogP contribution is 2.40. The van der Waals surface area contributed by atoms with Crippen LogP contribution in [0.25, 0.3) is 0 Å². The van der Waals surface area contributed by atoms with E-state index in [9.17, 15) is 4.79 Å². The standard InChI is InChI=1S/C17H22N4O2/c1-20-11-13(10-18-20)15-5-3-2-4-8-21(15)17(22)14-9-16(23-19-14)12-6-7-12/h9-12,15H,2-8H2,1H3/t15-/m0/s1. The van der Waals surface area contributed by atoms with Gasteiger partial charge < -0.3 is 9.42 Å². The van der Waals surface area contributed by atoms with Crippen LogP contribution in [-0.2, 0) is 7.05 Å². The molecule has 1 atom stereocenters. The molecular formula is C17H22N4O2. The lowest BCUT2D eigenvalue weighted by Gasteiger charge is -2.28. The number of amides is 1. The van der Waals surface area contributed by atoms with Crippen LogP contribution in [0.2, 0.25) is 0 Å². The second-order valence-corrected chi connectivity index (χ2v) is 6.70. The molecule has 0 bridgehead atoms. The minimum absolute atomic E-state index is 0.0172. The fourth-order valence-corrected chi connectivity index (χ4v) is 3.41. The first-order valence-electron chi connectivity index (χ1n) is 8.48. The van der Waals surface area contributed by atoms with Gasteiger partial charge in [0.25, 0.3) is 5.91 Å². The number of carbonyl (C=O) groups is 1. The molecule has 1 saturated heterocycles. The maximum absolute atomic E-state index is 13.0. The van der Waals surface area contributed by atoms with Crippen LogP contribution in [0, 0.1) is 0 Å².